The summed E-state index contributed by atoms with van der Waals surface area (Å²) >= 11 is 0. The number of carbonyl (C=O) groups is 1. The zero-order chi connectivity index (χ0) is 11.1. The summed E-state index contributed by atoms with van der Waals surface area (Å²) in [7, 11) is 0. The Morgan fingerprint density at radius 3 is 2.21 bits per heavy atom. The van der Waals surface area contributed by atoms with Crippen LogP contribution in [0.4, 0.5) is 0 Å². The molecule has 0 bridgehead atoms. The molecule has 0 aliphatic heterocycles. The van der Waals surface area contributed by atoms with E-state index in [2.05, 4.69) is 6.92 Å². The number of hydrogen-bond donors (Lipinski definition) is 0. The van der Waals surface area contributed by atoms with Crippen LogP contribution in [0, 0.1) is 0 Å². The maximum atomic E-state index is 11.7. The lowest BCUT2D eigenvalue weighted by molar-refractivity contribution is -0.139. The van der Waals surface area contributed by atoms with E-state index in [0.29, 0.717) is 0 Å². The molecule has 0 aromatic heterocycles. The van der Waals surface area contributed by atoms with E-state index in [1.54, 1.807) is 0 Å². The fraction of sp³-hybridized carbons (Fsp3) is 0.909. The minimum absolute atomic E-state index is 0.0931. The van der Waals surface area contributed by atoms with Crippen LogP contribution in [0.2, 0.25) is 0 Å². The quantitative estimate of drug-likeness (QED) is 0.658. The van der Waals surface area contributed by atoms with Crippen molar-refractivity contribution in [3.05, 3.63) is 0 Å². The molecule has 3 heteroatoms. The first kappa shape index (κ1) is 13.4. The molecule has 3 nitrogen and oxygen atoms in total. The van der Waals surface area contributed by atoms with E-state index in [1.165, 1.54) is 0 Å². The van der Waals surface area contributed by atoms with Crippen LogP contribution in [0.3, 0.4) is 0 Å². The van der Waals surface area contributed by atoms with Crippen LogP contribution in [0.15, 0.2) is 0 Å². The first-order chi connectivity index (χ1) is 6.49. The molecular formula is C11H23NO2. The normalized spacial score (nSPS) is 11.1. The minimum atomic E-state index is 0.0931. The van der Waals surface area contributed by atoms with Crippen molar-refractivity contribution < 1.29 is 9.53 Å². The van der Waals surface area contributed by atoms with Gasteiger partial charge in [-0.1, -0.05) is 6.92 Å². The van der Waals surface area contributed by atoms with Gasteiger partial charge in [-0.05, 0) is 34.1 Å². The molecule has 0 rings (SSSR count). The summed E-state index contributed by atoms with van der Waals surface area (Å²) in [6.45, 7) is 11.0. The Labute approximate surface area is 87.4 Å². The van der Waals surface area contributed by atoms with Crippen LogP contribution >= 0.6 is 0 Å². The summed E-state index contributed by atoms with van der Waals surface area (Å²) in [5.41, 5.74) is 0. The highest BCUT2D eigenvalue weighted by atomic mass is 16.5. The second kappa shape index (κ2) is 6.82. The molecule has 0 aromatic carbocycles. The summed E-state index contributed by atoms with van der Waals surface area (Å²) in [5, 5.41) is 0. The Balaban J connectivity index is 4.02. The van der Waals surface area contributed by atoms with Gasteiger partial charge in [-0.15, -0.1) is 0 Å². The fourth-order valence-electron chi connectivity index (χ4n) is 1.23. The first-order valence-corrected chi connectivity index (χ1v) is 5.40. The average molecular weight is 201 g/mol. The maximum Gasteiger partial charge on any atom is 0.248 e. The third-order valence-corrected chi connectivity index (χ3v) is 1.95. The molecule has 0 heterocycles. The van der Waals surface area contributed by atoms with Crippen LogP contribution in [0.25, 0.3) is 0 Å². The van der Waals surface area contributed by atoms with Crippen LogP contribution in [-0.4, -0.2) is 36.1 Å². The van der Waals surface area contributed by atoms with Crippen molar-refractivity contribution in [1.29, 1.82) is 0 Å². The average Bonchev–Trinajstić information content (AvgIpc) is 2.09. The van der Waals surface area contributed by atoms with Gasteiger partial charge < -0.3 is 9.64 Å². The van der Waals surface area contributed by atoms with Crippen molar-refractivity contribution in [2.24, 2.45) is 0 Å². The Bertz CT molecular complexity index is 167. The second-order valence-electron chi connectivity index (χ2n) is 4.04. The topological polar surface area (TPSA) is 29.5 Å². The third-order valence-electron chi connectivity index (χ3n) is 1.95. The Morgan fingerprint density at radius 1 is 1.29 bits per heavy atom. The van der Waals surface area contributed by atoms with Gasteiger partial charge in [-0.2, -0.15) is 0 Å². The van der Waals surface area contributed by atoms with Gasteiger partial charge in [0.05, 0.1) is 6.10 Å². The lowest BCUT2D eigenvalue weighted by Crippen LogP contribution is -2.40. The van der Waals surface area contributed by atoms with Gasteiger partial charge in [0, 0.05) is 12.6 Å². The van der Waals surface area contributed by atoms with Crippen molar-refractivity contribution in [2.45, 2.75) is 53.2 Å². The highest BCUT2D eigenvalue weighted by Gasteiger charge is 2.15. The number of nitrogens with zero attached hydrogens (tertiary/aromatic N) is 1. The Kier molecular flexibility index (Phi) is 6.54. The minimum Gasteiger partial charge on any atom is -0.369 e. The van der Waals surface area contributed by atoms with Gasteiger partial charge in [0.1, 0.15) is 6.61 Å². The molecule has 0 saturated carbocycles. The molecule has 0 atom stereocenters. The zero-order valence-electron chi connectivity index (χ0n) is 10.0. The zero-order valence-corrected chi connectivity index (χ0v) is 10.0. The van der Waals surface area contributed by atoms with Crippen molar-refractivity contribution in [2.75, 3.05) is 13.2 Å². The fourth-order valence-corrected chi connectivity index (χ4v) is 1.23. The summed E-state index contributed by atoms with van der Waals surface area (Å²) in [5.74, 6) is 0.0931. The van der Waals surface area contributed by atoms with E-state index >= 15 is 0 Å². The molecule has 0 aliphatic carbocycles. The second-order valence-corrected chi connectivity index (χ2v) is 4.04. The van der Waals surface area contributed by atoms with Crippen molar-refractivity contribution in [1.82, 2.24) is 4.90 Å². The van der Waals surface area contributed by atoms with Crippen molar-refractivity contribution in [3.63, 3.8) is 0 Å². The van der Waals surface area contributed by atoms with E-state index in [1.807, 2.05) is 32.6 Å². The Morgan fingerprint density at radius 2 is 1.86 bits per heavy atom. The number of carbonyl (C=O) groups excluding carboxylic acids is 1. The summed E-state index contributed by atoms with van der Waals surface area (Å²) in [6, 6.07) is 0.262. The number of amides is 1. The Hall–Kier alpha value is -0.570. The maximum absolute atomic E-state index is 11.7. The molecule has 0 radical (unpaired) electrons. The monoisotopic (exact) mass is 201 g/mol. The van der Waals surface area contributed by atoms with Gasteiger partial charge >= 0.3 is 0 Å². The molecular weight excluding hydrogens is 178 g/mol. The third kappa shape index (κ3) is 5.22. The standard InChI is InChI=1S/C11H23NO2/c1-6-7-12(9(2)3)11(13)8-14-10(4)5/h9-10H,6-8H2,1-5H3. The summed E-state index contributed by atoms with van der Waals surface area (Å²) < 4.78 is 5.29. The predicted octanol–water partition coefficient (Wildman–Crippen LogP) is 2.06. The molecule has 0 N–H and O–H groups in total. The van der Waals surface area contributed by atoms with E-state index in [9.17, 15) is 4.79 Å². The molecule has 1 amide bonds. The lowest BCUT2D eigenvalue weighted by atomic mass is 10.3. The molecule has 0 saturated heterocycles. The van der Waals surface area contributed by atoms with E-state index in [4.69, 9.17) is 4.74 Å². The molecule has 0 aliphatic rings. The number of hydrogen-bond acceptors (Lipinski definition) is 2. The van der Waals surface area contributed by atoms with Gasteiger partial charge in [0.25, 0.3) is 0 Å². The first-order valence-electron chi connectivity index (χ1n) is 5.40. The van der Waals surface area contributed by atoms with Gasteiger partial charge in [-0.3, -0.25) is 4.79 Å². The van der Waals surface area contributed by atoms with Crippen LogP contribution in [0.1, 0.15) is 41.0 Å². The van der Waals surface area contributed by atoms with E-state index in [0.717, 1.165) is 13.0 Å². The van der Waals surface area contributed by atoms with Gasteiger partial charge in [0.15, 0.2) is 0 Å². The van der Waals surface area contributed by atoms with Gasteiger partial charge in [-0.25, -0.2) is 0 Å². The molecule has 0 aromatic rings. The van der Waals surface area contributed by atoms with Crippen LogP contribution in [-0.2, 0) is 9.53 Å². The highest BCUT2D eigenvalue weighted by molar-refractivity contribution is 5.77. The summed E-state index contributed by atoms with van der Waals surface area (Å²) in [4.78, 5) is 13.5. The lowest BCUT2D eigenvalue weighted by Gasteiger charge is -2.26. The molecule has 14 heavy (non-hydrogen) atoms. The van der Waals surface area contributed by atoms with Crippen molar-refractivity contribution in [3.8, 4) is 0 Å². The largest absolute Gasteiger partial charge is 0.369 e. The van der Waals surface area contributed by atoms with E-state index in [-0.39, 0.29) is 24.7 Å². The molecule has 84 valence electrons. The predicted molar refractivity (Wildman–Crippen MR) is 58.2 cm³/mol. The highest BCUT2D eigenvalue weighted by Crippen LogP contribution is 2.01. The number of ether oxygens (including phenoxy) is 1. The smallest absolute Gasteiger partial charge is 0.248 e. The van der Waals surface area contributed by atoms with Crippen molar-refractivity contribution >= 4 is 5.91 Å². The van der Waals surface area contributed by atoms with E-state index < -0.39 is 0 Å². The van der Waals surface area contributed by atoms with Gasteiger partial charge in [0.2, 0.25) is 5.91 Å². The molecule has 0 unspecified atom stereocenters. The molecule has 0 spiro atoms. The molecule has 0 fully saturated rings. The summed E-state index contributed by atoms with van der Waals surface area (Å²) in [6.07, 6.45) is 1.11. The SMILES string of the molecule is CCCN(C(=O)COC(C)C)C(C)C. The number of rotatable bonds is 6. The van der Waals surface area contributed by atoms with Crippen LogP contribution < -0.4 is 0 Å². The van der Waals surface area contributed by atoms with Crippen LogP contribution in [0.5, 0.6) is 0 Å².